The van der Waals surface area contributed by atoms with Crippen LogP contribution in [0.1, 0.15) is 33.6 Å². The Labute approximate surface area is 120 Å². The van der Waals surface area contributed by atoms with E-state index in [-0.39, 0.29) is 0 Å². The van der Waals surface area contributed by atoms with Gasteiger partial charge in [-0.15, -0.1) is 6.58 Å². The van der Waals surface area contributed by atoms with Gasteiger partial charge >= 0.3 is 6.09 Å². The summed E-state index contributed by atoms with van der Waals surface area (Å²) in [5.41, 5.74) is 0.142. The van der Waals surface area contributed by atoms with E-state index in [4.69, 9.17) is 9.47 Å². The van der Waals surface area contributed by atoms with Crippen LogP contribution in [0.2, 0.25) is 0 Å². The predicted molar refractivity (Wildman–Crippen MR) is 81.2 cm³/mol. The smallest absolute Gasteiger partial charge is 0.412 e. The summed E-state index contributed by atoms with van der Waals surface area (Å²) in [6.45, 7) is 9.77. The summed E-state index contributed by atoms with van der Waals surface area (Å²) in [7, 11) is 0. The summed E-state index contributed by atoms with van der Waals surface area (Å²) in [5, 5.41) is 2.68. The second kappa shape index (κ2) is 7.58. The molecule has 1 aromatic rings. The molecule has 0 saturated carbocycles. The van der Waals surface area contributed by atoms with Gasteiger partial charge in [-0.2, -0.15) is 0 Å². The molecule has 0 fully saturated rings. The maximum Gasteiger partial charge on any atom is 0.412 e. The number of anilines is 1. The predicted octanol–water partition coefficient (Wildman–Crippen LogP) is 4.38. The molecule has 0 saturated heterocycles. The summed E-state index contributed by atoms with van der Waals surface area (Å²) in [4.78, 5) is 11.7. The monoisotopic (exact) mass is 277 g/mol. The number of amides is 1. The van der Waals surface area contributed by atoms with Crippen molar-refractivity contribution in [2.24, 2.45) is 0 Å². The van der Waals surface area contributed by atoms with Gasteiger partial charge in [0.05, 0.1) is 6.61 Å². The number of carbonyl (C=O) groups is 1. The molecule has 0 heterocycles. The molecule has 1 amide bonds. The van der Waals surface area contributed by atoms with Crippen molar-refractivity contribution in [1.82, 2.24) is 0 Å². The Hall–Kier alpha value is -1.97. The van der Waals surface area contributed by atoms with Gasteiger partial charge in [-0.25, -0.2) is 4.79 Å². The third kappa shape index (κ3) is 6.83. The SMILES string of the molecule is C=CCCCOc1cccc(NC(=O)OC(C)(C)C)c1. The third-order valence-corrected chi connectivity index (χ3v) is 2.30. The Bertz CT molecular complexity index is 449. The number of carbonyl (C=O) groups excluding carboxylic acids is 1. The first-order chi connectivity index (χ1) is 9.40. The minimum absolute atomic E-state index is 0.471. The van der Waals surface area contributed by atoms with Crippen LogP contribution in [-0.4, -0.2) is 18.3 Å². The Morgan fingerprint density at radius 1 is 1.40 bits per heavy atom. The van der Waals surface area contributed by atoms with Crippen LogP contribution in [0.15, 0.2) is 36.9 Å². The summed E-state index contributed by atoms with van der Waals surface area (Å²) in [6, 6.07) is 7.25. The molecule has 0 aliphatic carbocycles. The van der Waals surface area contributed by atoms with Crippen LogP contribution in [0.25, 0.3) is 0 Å². The Morgan fingerprint density at radius 2 is 2.15 bits per heavy atom. The van der Waals surface area contributed by atoms with Crippen molar-refractivity contribution >= 4 is 11.8 Å². The summed E-state index contributed by atoms with van der Waals surface area (Å²) < 4.78 is 10.8. The normalized spacial score (nSPS) is 10.8. The van der Waals surface area contributed by atoms with E-state index in [1.54, 1.807) is 12.1 Å². The van der Waals surface area contributed by atoms with Crippen molar-refractivity contribution in [2.45, 2.75) is 39.2 Å². The van der Waals surface area contributed by atoms with Gasteiger partial charge in [0.25, 0.3) is 0 Å². The molecule has 0 atom stereocenters. The minimum Gasteiger partial charge on any atom is -0.494 e. The number of rotatable bonds is 6. The fraction of sp³-hybridized carbons (Fsp3) is 0.438. The van der Waals surface area contributed by atoms with E-state index < -0.39 is 11.7 Å². The van der Waals surface area contributed by atoms with Crippen molar-refractivity contribution in [3.63, 3.8) is 0 Å². The molecule has 0 radical (unpaired) electrons. The van der Waals surface area contributed by atoms with E-state index in [0.29, 0.717) is 12.3 Å². The van der Waals surface area contributed by atoms with Gasteiger partial charge in [0.2, 0.25) is 0 Å². The van der Waals surface area contributed by atoms with Crippen molar-refractivity contribution in [3.05, 3.63) is 36.9 Å². The average Bonchev–Trinajstić information content (AvgIpc) is 2.32. The molecular weight excluding hydrogens is 254 g/mol. The van der Waals surface area contributed by atoms with Crippen LogP contribution in [0, 0.1) is 0 Å². The van der Waals surface area contributed by atoms with Crippen molar-refractivity contribution in [2.75, 3.05) is 11.9 Å². The zero-order valence-corrected chi connectivity index (χ0v) is 12.4. The number of hydrogen-bond donors (Lipinski definition) is 1. The molecule has 20 heavy (non-hydrogen) atoms. The van der Waals surface area contributed by atoms with Crippen LogP contribution in [0.3, 0.4) is 0 Å². The zero-order valence-electron chi connectivity index (χ0n) is 12.4. The number of unbranched alkanes of at least 4 members (excludes halogenated alkanes) is 1. The maximum atomic E-state index is 11.7. The van der Waals surface area contributed by atoms with Crippen LogP contribution in [-0.2, 0) is 4.74 Å². The number of ether oxygens (including phenoxy) is 2. The molecule has 1 rings (SSSR count). The Kier molecular flexibility index (Phi) is 6.10. The molecule has 4 heteroatoms. The van der Waals surface area contributed by atoms with Gasteiger partial charge < -0.3 is 9.47 Å². The van der Waals surface area contributed by atoms with Gasteiger partial charge in [0, 0.05) is 11.8 Å². The minimum atomic E-state index is -0.511. The van der Waals surface area contributed by atoms with Gasteiger partial charge in [0.15, 0.2) is 0 Å². The van der Waals surface area contributed by atoms with Crippen molar-refractivity contribution < 1.29 is 14.3 Å². The number of nitrogens with one attached hydrogen (secondary N) is 1. The highest BCUT2D eigenvalue weighted by atomic mass is 16.6. The second-order valence-electron chi connectivity index (χ2n) is 5.43. The first-order valence-electron chi connectivity index (χ1n) is 6.74. The molecule has 0 aromatic heterocycles. The lowest BCUT2D eigenvalue weighted by molar-refractivity contribution is 0.0636. The van der Waals surface area contributed by atoms with E-state index in [9.17, 15) is 4.79 Å². The first-order valence-corrected chi connectivity index (χ1v) is 6.74. The molecular formula is C16H23NO3. The molecule has 0 unspecified atom stereocenters. The van der Waals surface area contributed by atoms with E-state index in [2.05, 4.69) is 11.9 Å². The third-order valence-electron chi connectivity index (χ3n) is 2.30. The topological polar surface area (TPSA) is 47.6 Å². The lowest BCUT2D eigenvalue weighted by Gasteiger charge is -2.19. The van der Waals surface area contributed by atoms with Gasteiger partial charge in [-0.05, 0) is 45.7 Å². The summed E-state index contributed by atoms with van der Waals surface area (Å²) in [5.74, 6) is 0.725. The van der Waals surface area contributed by atoms with Crippen molar-refractivity contribution in [1.29, 1.82) is 0 Å². The van der Waals surface area contributed by atoms with E-state index >= 15 is 0 Å². The molecule has 0 aliphatic heterocycles. The number of hydrogen-bond acceptors (Lipinski definition) is 3. The quantitative estimate of drug-likeness (QED) is 0.620. The standard InChI is InChI=1S/C16H23NO3/c1-5-6-7-11-19-14-10-8-9-13(12-14)17-15(18)20-16(2,3)4/h5,8-10,12H,1,6-7,11H2,2-4H3,(H,17,18). The van der Waals surface area contributed by atoms with Crippen LogP contribution in [0.4, 0.5) is 10.5 Å². The Balaban J connectivity index is 2.50. The van der Waals surface area contributed by atoms with Crippen LogP contribution < -0.4 is 10.1 Å². The molecule has 0 aliphatic rings. The first kappa shape index (κ1) is 16.1. The highest BCUT2D eigenvalue weighted by Gasteiger charge is 2.16. The lowest BCUT2D eigenvalue weighted by atomic mass is 10.2. The summed E-state index contributed by atoms with van der Waals surface area (Å²) >= 11 is 0. The molecule has 1 aromatic carbocycles. The van der Waals surface area contributed by atoms with Gasteiger partial charge in [0.1, 0.15) is 11.4 Å². The molecule has 110 valence electrons. The fourth-order valence-corrected chi connectivity index (χ4v) is 1.50. The zero-order chi connectivity index (χ0) is 15.0. The van der Waals surface area contributed by atoms with Crippen LogP contribution in [0.5, 0.6) is 5.75 Å². The molecule has 0 spiro atoms. The van der Waals surface area contributed by atoms with Crippen molar-refractivity contribution in [3.8, 4) is 5.75 Å². The average molecular weight is 277 g/mol. The van der Waals surface area contributed by atoms with Crippen LogP contribution >= 0.6 is 0 Å². The van der Waals surface area contributed by atoms with E-state index in [1.165, 1.54) is 0 Å². The van der Waals surface area contributed by atoms with E-state index in [0.717, 1.165) is 18.6 Å². The second-order valence-corrected chi connectivity index (χ2v) is 5.43. The lowest BCUT2D eigenvalue weighted by Crippen LogP contribution is -2.27. The highest BCUT2D eigenvalue weighted by Crippen LogP contribution is 2.18. The molecule has 1 N–H and O–H groups in total. The number of benzene rings is 1. The van der Waals surface area contributed by atoms with Gasteiger partial charge in [-0.1, -0.05) is 12.1 Å². The highest BCUT2D eigenvalue weighted by molar-refractivity contribution is 5.85. The summed E-state index contributed by atoms with van der Waals surface area (Å²) in [6.07, 6.45) is 3.24. The fourth-order valence-electron chi connectivity index (χ4n) is 1.50. The van der Waals surface area contributed by atoms with E-state index in [1.807, 2.05) is 39.0 Å². The maximum absolute atomic E-state index is 11.7. The Morgan fingerprint density at radius 3 is 2.80 bits per heavy atom. The largest absolute Gasteiger partial charge is 0.494 e. The van der Waals surface area contributed by atoms with Gasteiger partial charge in [-0.3, -0.25) is 5.32 Å². The molecule has 4 nitrogen and oxygen atoms in total. The number of allylic oxidation sites excluding steroid dienone is 1. The molecule has 0 bridgehead atoms.